The molecule has 43 heavy (non-hydrogen) atoms. The molecule has 4 N–H and O–H groups in total. The summed E-state index contributed by atoms with van der Waals surface area (Å²) in [6.07, 6.45) is 6.26. The normalized spacial score (nSPS) is 14.9. The zero-order valence-corrected chi connectivity index (χ0v) is 25.4. The third-order valence-electron chi connectivity index (χ3n) is 8.10. The number of likely N-dealkylation sites (N-methyl/N-ethyl adjacent to an activating group) is 1. The maximum absolute atomic E-state index is 13.5. The van der Waals surface area contributed by atoms with Gasteiger partial charge in [-0.25, -0.2) is 0 Å². The summed E-state index contributed by atoms with van der Waals surface area (Å²) >= 11 is 0. The number of carbonyl (C=O) groups excluding carboxylic acids is 1. The number of hydrogen-bond donors (Lipinski definition) is 4. The Morgan fingerprint density at radius 1 is 1.00 bits per heavy atom. The number of benzene rings is 2. The van der Waals surface area contributed by atoms with E-state index in [1.54, 1.807) is 4.52 Å². The molecule has 2 aromatic carbocycles. The molecular formula is C32H43N9O2. The van der Waals surface area contributed by atoms with Crippen molar-refractivity contribution in [3.63, 3.8) is 0 Å². The number of aliphatic hydroxyl groups is 1. The summed E-state index contributed by atoms with van der Waals surface area (Å²) in [4.78, 5) is 27.5. The third-order valence-corrected chi connectivity index (χ3v) is 8.10. The van der Waals surface area contributed by atoms with Crippen molar-refractivity contribution in [1.82, 2.24) is 29.4 Å². The Morgan fingerprint density at radius 2 is 1.77 bits per heavy atom. The van der Waals surface area contributed by atoms with Crippen LogP contribution in [0.2, 0.25) is 0 Å². The molecule has 1 amide bonds. The van der Waals surface area contributed by atoms with E-state index in [4.69, 9.17) is 9.97 Å². The Morgan fingerprint density at radius 3 is 2.53 bits per heavy atom. The van der Waals surface area contributed by atoms with Crippen molar-refractivity contribution < 1.29 is 9.90 Å². The van der Waals surface area contributed by atoms with Gasteiger partial charge in [-0.15, -0.1) is 0 Å². The van der Waals surface area contributed by atoms with Crippen LogP contribution in [-0.2, 0) is 6.42 Å². The predicted octanol–water partition coefficient (Wildman–Crippen LogP) is 4.91. The van der Waals surface area contributed by atoms with Gasteiger partial charge in [-0.3, -0.25) is 9.69 Å². The third kappa shape index (κ3) is 7.23. The molecule has 0 saturated carbocycles. The molecule has 1 aliphatic rings. The van der Waals surface area contributed by atoms with Gasteiger partial charge in [-0.05, 0) is 75.2 Å². The maximum Gasteiger partial charge on any atom is 0.253 e. The van der Waals surface area contributed by atoms with Crippen LogP contribution in [0.15, 0.2) is 54.7 Å². The largest absolute Gasteiger partial charge is 0.396 e. The molecule has 5 rings (SSSR count). The molecule has 1 saturated heterocycles. The molecule has 1 aliphatic heterocycles. The Labute approximate surface area is 253 Å². The van der Waals surface area contributed by atoms with E-state index in [-0.39, 0.29) is 12.5 Å². The van der Waals surface area contributed by atoms with Crippen LogP contribution in [0.4, 0.5) is 29.0 Å². The van der Waals surface area contributed by atoms with E-state index in [1.165, 1.54) is 0 Å². The van der Waals surface area contributed by atoms with Gasteiger partial charge < -0.3 is 26.0 Å². The van der Waals surface area contributed by atoms with Crippen LogP contribution in [0.25, 0.3) is 5.65 Å². The molecule has 0 radical (unpaired) electrons. The summed E-state index contributed by atoms with van der Waals surface area (Å²) in [7, 11) is 1.88. The number of carbonyl (C=O) groups is 1. The van der Waals surface area contributed by atoms with E-state index >= 15 is 0 Å². The molecule has 0 aliphatic carbocycles. The number of aliphatic hydroxyl groups excluding tert-OH is 1. The lowest BCUT2D eigenvalue weighted by atomic mass is 10.1. The lowest BCUT2D eigenvalue weighted by molar-refractivity contribution is 0.0778. The number of anilines is 5. The van der Waals surface area contributed by atoms with Gasteiger partial charge >= 0.3 is 0 Å². The average molecular weight is 586 g/mol. The fourth-order valence-corrected chi connectivity index (χ4v) is 5.73. The van der Waals surface area contributed by atoms with Crippen molar-refractivity contribution >= 4 is 40.5 Å². The Hall–Kier alpha value is -4.22. The second-order valence-corrected chi connectivity index (χ2v) is 10.9. The molecule has 4 aromatic rings. The minimum Gasteiger partial charge on any atom is -0.396 e. The van der Waals surface area contributed by atoms with Crippen LogP contribution in [0.5, 0.6) is 0 Å². The zero-order chi connectivity index (χ0) is 30.2. The number of unbranched alkanes of at least 4 members (excludes halogenated alkanes) is 2. The van der Waals surface area contributed by atoms with Crippen molar-refractivity contribution in [3.05, 3.63) is 65.9 Å². The highest BCUT2D eigenvalue weighted by Crippen LogP contribution is 2.25. The van der Waals surface area contributed by atoms with E-state index in [0.717, 1.165) is 80.9 Å². The molecule has 0 bridgehead atoms. The quantitative estimate of drug-likeness (QED) is 0.153. The van der Waals surface area contributed by atoms with Gasteiger partial charge in [0.25, 0.3) is 5.91 Å². The molecular weight excluding hydrogens is 542 g/mol. The number of amides is 1. The van der Waals surface area contributed by atoms with Crippen molar-refractivity contribution in [3.8, 4) is 0 Å². The SMILES string of the molecule is CCN(CC)C1CCN(C(=O)c2cccc(Nc3nc(Nc4cccc(NC)c4)nc4c(CCCCCO)cnn34)c2)C1. The van der Waals surface area contributed by atoms with Crippen molar-refractivity contribution in [2.75, 3.05) is 55.8 Å². The first-order valence-corrected chi connectivity index (χ1v) is 15.3. The van der Waals surface area contributed by atoms with Gasteiger partial charge in [0.05, 0.1) is 6.20 Å². The molecule has 3 heterocycles. The molecule has 11 nitrogen and oxygen atoms in total. The highest BCUT2D eigenvalue weighted by Gasteiger charge is 2.29. The second kappa shape index (κ2) is 14.3. The maximum atomic E-state index is 13.5. The van der Waals surface area contributed by atoms with Gasteiger partial charge in [0.15, 0.2) is 5.65 Å². The minimum atomic E-state index is 0.0437. The standard InChI is InChI=1S/C32H43N9O2/c1-4-39(5-2)28-16-17-40(22-28)30(43)23-12-9-14-26(19-23)36-32-38-31(35-27-15-10-13-25(20-27)33-3)37-29-24(21-34-41(29)32)11-7-6-8-18-42/h9-10,12-15,19-21,28,33,42H,4-8,11,16-18,22H2,1-3H3,(H2,35,36,37,38). The fourth-order valence-electron chi connectivity index (χ4n) is 5.73. The summed E-state index contributed by atoms with van der Waals surface area (Å²) in [5.41, 5.74) is 4.93. The number of rotatable bonds is 14. The fraction of sp³-hybridized carbons (Fsp3) is 0.438. The number of fused-ring (bicyclic) bond motifs is 1. The second-order valence-electron chi connectivity index (χ2n) is 10.9. The summed E-state index contributed by atoms with van der Waals surface area (Å²) in [6.45, 7) is 8.05. The highest BCUT2D eigenvalue weighted by atomic mass is 16.3. The lowest BCUT2D eigenvalue weighted by Crippen LogP contribution is -2.38. The van der Waals surface area contributed by atoms with Crippen LogP contribution >= 0.6 is 0 Å². The van der Waals surface area contributed by atoms with Gasteiger partial charge in [0.2, 0.25) is 11.9 Å². The number of aromatic nitrogens is 4. The first-order chi connectivity index (χ1) is 21.0. The van der Waals surface area contributed by atoms with Crippen molar-refractivity contribution in [1.29, 1.82) is 0 Å². The molecule has 1 fully saturated rings. The summed E-state index contributed by atoms with van der Waals surface area (Å²) in [6, 6.07) is 15.9. The molecule has 228 valence electrons. The van der Waals surface area contributed by atoms with Gasteiger partial charge in [0.1, 0.15) is 0 Å². The Balaban J connectivity index is 1.40. The van der Waals surface area contributed by atoms with Crippen molar-refractivity contribution in [2.45, 2.75) is 52.0 Å². The average Bonchev–Trinajstić information content (AvgIpc) is 3.68. The first kappa shape index (κ1) is 30.2. The number of likely N-dealkylation sites (tertiary alicyclic amines) is 1. The number of nitrogens with zero attached hydrogens (tertiary/aromatic N) is 6. The number of nitrogens with one attached hydrogen (secondary N) is 3. The monoisotopic (exact) mass is 585 g/mol. The number of aryl methyl sites for hydroxylation is 1. The predicted molar refractivity (Wildman–Crippen MR) is 172 cm³/mol. The van der Waals surface area contributed by atoms with Crippen molar-refractivity contribution in [2.24, 2.45) is 0 Å². The topological polar surface area (TPSA) is 123 Å². The van der Waals surface area contributed by atoms with E-state index in [0.29, 0.717) is 29.1 Å². The Kier molecular flexibility index (Phi) is 10.1. The highest BCUT2D eigenvalue weighted by molar-refractivity contribution is 5.95. The summed E-state index contributed by atoms with van der Waals surface area (Å²) in [5, 5.41) is 23.7. The number of hydrogen-bond acceptors (Lipinski definition) is 9. The lowest BCUT2D eigenvalue weighted by Gasteiger charge is -2.26. The van der Waals surface area contributed by atoms with Gasteiger partial charge in [-0.2, -0.15) is 19.6 Å². The van der Waals surface area contributed by atoms with Crippen LogP contribution in [0, 0.1) is 0 Å². The van der Waals surface area contributed by atoms with Gasteiger partial charge in [-0.1, -0.05) is 32.4 Å². The molecule has 11 heteroatoms. The Bertz CT molecular complexity index is 1520. The van der Waals surface area contributed by atoms with E-state index in [9.17, 15) is 9.90 Å². The van der Waals surface area contributed by atoms with Crippen LogP contribution in [0.3, 0.4) is 0 Å². The van der Waals surface area contributed by atoms with E-state index in [1.807, 2.05) is 66.7 Å². The smallest absolute Gasteiger partial charge is 0.253 e. The molecule has 1 unspecified atom stereocenters. The van der Waals surface area contributed by atoms with Crippen LogP contribution < -0.4 is 16.0 Å². The zero-order valence-electron chi connectivity index (χ0n) is 25.4. The van der Waals surface area contributed by atoms with Crippen LogP contribution in [-0.4, -0.2) is 86.3 Å². The van der Waals surface area contributed by atoms with E-state index in [2.05, 4.69) is 39.8 Å². The first-order valence-electron chi connectivity index (χ1n) is 15.3. The molecule has 1 atom stereocenters. The van der Waals surface area contributed by atoms with Gasteiger partial charge in [0, 0.05) is 61.0 Å². The van der Waals surface area contributed by atoms with E-state index < -0.39 is 0 Å². The summed E-state index contributed by atoms with van der Waals surface area (Å²) in [5.74, 6) is 0.973. The summed E-state index contributed by atoms with van der Waals surface area (Å²) < 4.78 is 1.71. The molecule has 0 spiro atoms. The molecule has 2 aromatic heterocycles. The minimum absolute atomic E-state index is 0.0437. The van der Waals surface area contributed by atoms with Crippen LogP contribution in [0.1, 0.15) is 55.5 Å².